The molecule has 0 spiro atoms. The molecule has 0 radical (unpaired) electrons. The van der Waals surface area contributed by atoms with Gasteiger partial charge in [-0.15, -0.1) is 13.2 Å². The number of aryl methyl sites for hydroxylation is 1. The predicted molar refractivity (Wildman–Crippen MR) is 111 cm³/mol. The van der Waals surface area contributed by atoms with Gasteiger partial charge in [0.05, 0.1) is 11.0 Å². The number of nitrogens with one attached hydrogen (secondary N) is 1. The molecule has 2 heterocycles. The molecule has 1 amide bonds. The van der Waals surface area contributed by atoms with E-state index in [9.17, 15) is 18.0 Å². The molecule has 1 aliphatic heterocycles. The third-order valence-electron chi connectivity index (χ3n) is 5.31. The molecule has 3 aromatic rings. The first-order valence-corrected chi connectivity index (χ1v) is 10.2. The van der Waals surface area contributed by atoms with Gasteiger partial charge in [-0.1, -0.05) is 24.3 Å². The maximum absolute atomic E-state index is 12.7. The lowest BCUT2D eigenvalue weighted by molar-refractivity contribution is -0.274. The number of carbonyl (C=O) groups is 1. The van der Waals surface area contributed by atoms with Crippen molar-refractivity contribution in [1.29, 1.82) is 0 Å². The van der Waals surface area contributed by atoms with Crippen molar-refractivity contribution in [3.05, 3.63) is 54.1 Å². The minimum absolute atomic E-state index is 0.0436. The Morgan fingerprint density at radius 2 is 1.81 bits per heavy atom. The molecule has 1 aliphatic rings. The standard InChI is InChI=1S/C22H23F3N4O2/c23-22(24,25)31-17-9-6-16(7-10-17)8-11-20(30)28-12-3-13-29(15-14-28)21-26-18-4-1-2-5-19(18)27-21/h1-2,4-7,9-10H,3,8,11-15H2,(H,26,27). The molecule has 164 valence electrons. The first kappa shape index (κ1) is 21.0. The van der Waals surface area contributed by atoms with Crippen LogP contribution in [0.4, 0.5) is 19.1 Å². The second kappa shape index (κ2) is 8.87. The molecule has 1 aromatic heterocycles. The van der Waals surface area contributed by atoms with Crippen molar-refractivity contribution in [3.63, 3.8) is 0 Å². The third kappa shape index (κ3) is 5.48. The Bertz CT molecular complexity index is 1000. The molecule has 0 aliphatic carbocycles. The molecule has 0 atom stereocenters. The van der Waals surface area contributed by atoms with Crippen LogP contribution in [0.2, 0.25) is 0 Å². The highest BCUT2D eigenvalue weighted by Gasteiger charge is 2.31. The fourth-order valence-corrected chi connectivity index (χ4v) is 3.73. The summed E-state index contributed by atoms with van der Waals surface area (Å²) in [6, 6.07) is 13.5. The highest BCUT2D eigenvalue weighted by Crippen LogP contribution is 2.23. The molecule has 1 saturated heterocycles. The summed E-state index contributed by atoms with van der Waals surface area (Å²) in [5, 5.41) is 0. The van der Waals surface area contributed by atoms with E-state index in [1.807, 2.05) is 29.2 Å². The number of benzene rings is 2. The minimum atomic E-state index is -4.71. The molecule has 1 fully saturated rings. The molecule has 0 bridgehead atoms. The summed E-state index contributed by atoms with van der Waals surface area (Å²) < 4.78 is 40.6. The van der Waals surface area contributed by atoms with Gasteiger partial charge in [-0.2, -0.15) is 0 Å². The second-order valence-corrected chi connectivity index (χ2v) is 7.49. The largest absolute Gasteiger partial charge is 0.573 e. The van der Waals surface area contributed by atoms with E-state index in [1.54, 1.807) is 12.1 Å². The zero-order valence-corrected chi connectivity index (χ0v) is 16.9. The van der Waals surface area contributed by atoms with Crippen LogP contribution in [0.3, 0.4) is 0 Å². The van der Waals surface area contributed by atoms with Crippen LogP contribution in [-0.4, -0.2) is 53.3 Å². The molecule has 0 saturated carbocycles. The van der Waals surface area contributed by atoms with Gasteiger partial charge in [-0.05, 0) is 42.7 Å². The number of halogens is 3. The van der Waals surface area contributed by atoms with Gasteiger partial charge < -0.3 is 19.5 Å². The average molecular weight is 432 g/mol. The molecular formula is C22H23F3N4O2. The van der Waals surface area contributed by atoms with Crippen molar-refractivity contribution in [2.24, 2.45) is 0 Å². The number of imidazole rings is 1. The minimum Gasteiger partial charge on any atom is -0.406 e. The summed E-state index contributed by atoms with van der Waals surface area (Å²) in [7, 11) is 0. The zero-order chi connectivity index (χ0) is 21.8. The summed E-state index contributed by atoms with van der Waals surface area (Å²) in [6.07, 6.45) is -3.09. The quantitative estimate of drug-likeness (QED) is 0.659. The van der Waals surface area contributed by atoms with Crippen molar-refractivity contribution >= 4 is 22.9 Å². The number of H-pyrrole nitrogens is 1. The lowest BCUT2D eigenvalue weighted by Gasteiger charge is -2.22. The Balaban J connectivity index is 1.29. The Labute approximate surface area is 177 Å². The summed E-state index contributed by atoms with van der Waals surface area (Å²) in [6.45, 7) is 2.78. The molecule has 2 aromatic carbocycles. The summed E-state index contributed by atoms with van der Waals surface area (Å²) in [4.78, 5) is 24.7. The SMILES string of the molecule is O=C(CCc1ccc(OC(F)(F)F)cc1)N1CCCN(c2nc3ccccc3[nH]2)CC1. The van der Waals surface area contributed by atoms with Crippen LogP contribution in [0.1, 0.15) is 18.4 Å². The number of ether oxygens (including phenoxy) is 1. The number of anilines is 1. The number of rotatable bonds is 5. The van der Waals surface area contributed by atoms with Gasteiger partial charge in [0.1, 0.15) is 5.75 Å². The van der Waals surface area contributed by atoms with Gasteiger partial charge >= 0.3 is 6.36 Å². The van der Waals surface area contributed by atoms with Crippen LogP contribution in [0.5, 0.6) is 5.75 Å². The maximum atomic E-state index is 12.7. The zero-order valence-electron chi connectivity index (χ0n) is 16.9. The fraction of sp³-hybridized carbons (Fsp3) is 0.364. The van der Waals surface area contributed by atoms with E-state index in [0.717, 1.165) is 35.5 Å². The number of alkyl halides is 3. The van der Waals surface area contributed by atoms with Gasteiger partial charge in [-0.25, -0.2) is 4.98 Å². The van der Waals surface area contributed by atoms with Crippen LogP contribution < -0.4 is 9.64 Å². The van der Waals surface area contributed by atoms with Crippen LogP contribution in [0.25, 0.3) is 11.0 Å². The Hall–Kier alpha value is -3.23. The van der Waals surface area contributed by atoms with Gasteiger partial charge in [0.15, 0.2) is 0 Å². The summed E-state index contributed by atoms with van der Waals surface area (Å²) >= 11 is 0. The van der Waals surface area contributed by atoms with Gasteiger partial charge in [-0.3, -0.25) is 4.79 Å². The smallest absolute Gasteiger partial charge is 0.406 e. The lowest BCUT2D eigenvalue weighted by atomic mass is 10.1. The van der Waals surface area contributed by atoms with Crippen LogP contribution >= 0.6 is 0 Å². The normalized spacial score (nSPS) is 15.2. The predicted octanol–water partition coefficient (Wildman–Crippen LogP) is 4.13. The Morgan fingerprint density at radius 1 is 1.03 bits per heavy atom. The number of carbonyl (C=O) groups excluding carboxylic acids is 1. The number of hydrogen-bond acceptors (Lipinski definition) is 4. The first-order chi connectivity index (χ1) is 14.9. The van der Waals surface area contributed by atoms with Crippen molar-refractivity contribution in [2.75, 3.05) is 31.1 Å². The first-order valence-electron chi connectivity index (χ1n) is 10.2. The van der Waals surface area contributed by atoms with Crippen LogP contribution in [-0.2, 0) is 11.2 Å². The Kier molecular flexibility index (Phi) is 6.01. The van der Waals surface area contributed by atoms with E-state index >= 15 is 0 Å². The van der Waals surface area contributed by atoms with Crippen molar-refractivity contribution < 1.29 is 22.7 Å². The monoisotopic (exact) mass is 432 g/mol. The Morgan fingerprint density at radius 3 is 2.55 bits per heavy atom. The van der Waals surface area contributed by atoms with E-state index in [4.69, 9.17) is 0 Å². The molecular weight excluding hydrogens is 409 g/mol. The molecule has 0 unspecified atom stereocenters. The second-order valence-electron chi connectivity index (χ2n) is 7.49. The molecule has 31 heavy (non-hydrogen) atoms. The number of fused-ring (bicyclic) bond motifs is 1. The average Bonchev–Trinajstić information content (AvgIpc) is 3.01. The van der Waals surface area contributed by atoms with E-state index in [1.165, 1.54) is 12.1 Å². The number of amides is 1. The van der Waals surface area contributed by atoms with E-state index in [-0.39, 0.29) is 11.7 Å². The van der Waals surface area contributed by atoms with Crippen molar-refractivity contribution in [3.8, 4) is 5.75 Å². The van der Waals surface area contributed by atoms with Crippen molar-refractivity contribution in [2.45, 2.75) is 25.6 Å². The van der Waals surface area contributed by atoms with E-state index in [0.29, 0.717) is 32.5 Å². The fourth-order valence-electron chi connectivity index (χ4n) is 3.73. The van der Waals surface area contributed by atoms with Gasteiger partial charge in [0, 0.05) is 32.6 Å². The number of para-hydroxylation sites is 2. The molecule has 1 N–H and O–H groups in total. The molecule has 4 rings (SSSR count). The highest BCUT2D eigenvalue weighted by atomic mass is 19.4. The number of hydrogen-bond donors (Lipinski definition) is 1. The molecule has 9 heteroatoms. The van der Waals surface area contributed by atoms with E-state index < -0.39 is 6.36 Å². The number of nitrogens with zero attached hydrogens (tertiary/aromatic N) is 3. The van der Waals surface area contributed by atoms with Crippen molar-refractivity contribution in [1.82, 2.24) is 14.9 Å². The summed E-state index contributed by atoms with van der Waals surface area (Å²) in [5.41, 5.74) is 2.70. The van der Waals surface area contributed by atoms with Gasteiger partial charge in [0.2, 0.25) is 11.9 Å². The third-order valence-corrected chi connectivity index (χ3v) is 5.31. The lowest BCUT2D eigenvalue weighted by Crippen LogP contribution is -2.35. The summed E-state index contributed by atoms with van der Waals surface area (Å²) in [5.74, 6) is 0.597. The van der Waals surface area contributed by atoms with E-state index in [2.05, 4.69) is 19.6 Å². The number of aromatic nitrogens is 2. The topological polar surface area (TPSA) is 61.5 Å². The molecule has 6 nitrogen and oxygen atoms in total. The van der Waals surface area contributed by atoms with Gasteiger partial charge in [0.25, 0.3) is 0 Å². The number of aromatic amines is 1. The maximum Gasteiger partial charge on any atom is 0.573 e. The van der Waals surface area contributed by atoms with Crippen LogP contribution in [0, 0.1) is 0 Å². The highest BCUT2D eigenvalue weighted by molar-refractivity contribution is 5.78. The van der Waals surface area contributed by atoms with Crippen LogP contribution in [0.15, 0.2) is 48.5 Å².